The number of rotatable bonds is 3. The van der Waals surface area contributed by atoms with Crippen LogP contribution >= 0.6 is 0 Å². The molecule has 0 unspecified atom stereocenters. The van der Waals surface area contributed by atoms with E-state index in [1.807, 2.05) is 27.7 Å². The average molecular weight is 244 g/mol. The SMILES string of the molecule is C[C@@H](N[S@@](=O)C(C)(C)C)c1ccc(F)cn1. The van der Waals surface area contributed by atoms with Gasteiger partial charge in [0.05, 0.1) is 33.7 Å². The van der Waals surface area contributed by atoms with Gasteiger partial charge >= 0.3 is 0 Å². The summed E-state index contributed by atoms with van der Waals surface area (Å²) in [6.45, 7) is 7.52. The Bertz CT molecular complexity index is 373. The topological polar surface area (TPSA) is 42.0 Å². The van der Waals surface area contributed by atoms with Crippen LogP contribution in [0.5, 0.6) is 0 Å². The highest BCUT2D eigenvalue weighted by atomic mass is 32.2. The molecule has 0 spiro atoms. The fraction of sp³-hybridized carbons (Fsp3) is 0.545. The van der Waals surface area contributed by atoms with Crippen molar-refractivity contribution in [1.29, 1.82) is 0 Å². The van der Waals surface area contributed by atoms with E-state index in [4.69, 9.17) is 0 Å². The predicted octanol–water partition coefficient (Wildman–Crippen LogP) is 2.33. The van der Waals surface area contributed by atoms with Crippen molar-refractivity contribution in [2.24, 2.45) is 0 Å². The number of halogens is 1. The number of aromatic nitrogens is 1. The molecule has 1 aromatic heterocycles. The van der Waals surface area contributed by atoms with Crippen LogP contribution in [0.25, 0.3) is 0 Å². The van der Waals surface area contributed by atoms with Crippen LogP contribution in [0.3, 0.4) is 0 Å². The number of nitrogens with one attached hydrogen (secondary N) is 1. The van der Waals surface area contributed by atoms with Crippen LogP contribution in [-0.4, -0.2) is 13.9 Å². The van der Waals surface area contributed by atoms with Crippen molar-refractivity contribution in [2.45, 2.75) is 38.5 Å². The zero-order valence-electron chi connectivity index (χ0n) is 9.95. The van der Waals surface area contributed by atoms with Gasteiger partial charge in [-0.05, 0) is 39.8 Å². The first-order chi connectivity index (χ1) is 7.30. The van der Waals surface area contributed by atoms with Gasteiger partial charge in [0.15, 0.2) is 0 Å². The van der Waals surface area contributed by atoms with Gasteiger partial charge < -0.3 is 0 Å². The van der Waals surface area contributed by atoms with Crippen LogP contribution in [0.2, 0.25) is 0 Å². The summed E-state index contributed by atoms with van der Waals surface area (Å²) in [6.07, 6.45) is 1.16. The molecule has 0 saturated heterocycles. The van der Waals surface area contributed by atoms with Gasteiger partial charge in [-0.15, -0.1) is 0 Å². The molecular formula is C11H17FN2OS. The molecule has 0 aliphatic rings. The molecule has 0 radical (unpaired) electrons. The quantitative estimate of drug-likeness (QED) is 0.886. The molecule has 2 atom stereocenters. The zero-order chi connectivity index (χ0) is 12.3. The molecule has 1 heterocycles. The van der Waals surface area contributed by atoms with Gasteiger partial charge in [0, 0.05) is 0 Å². The van der Waals surface area contributed by atoms with Crippen LogP contribution in [0, 0.1) is 5.82 Å². The monoisotopic (exact) mass is 244 g/mol. The van der Waals surface area contributed by atoms with Crippen LogP contribution in [0.4, 0.5) is 4.39 Å². The number of pyridine rings is 1. The van der Waals surface area contributed by atoms with Crippen LogP contribution in [0.15, 0.2) is 18.3 Å². The molecular weight excluding hydrogens is 227 g/mol. The van der Waals surface area contributed by atoms with Crippen molar-refractivity contribution >= 4 is 11.0 Å². The van der Waals surface area contributed by atoms with E-state index in [9.17, 15) is 8.60 Å². The minimum Gasteiger partial charge on any atom is -0.257 e. The molecule has 90 valence electrons. The molecule has 16 heavy (non-hydrogen) atoms. The Hall–Kier alpha value is -0.810. The largest absolute Gasteiger partial charge is 0.257 e. The normalized spacial score (nSPS) is 15.8. The molecule has 0 aromatic carbocycles. The highest BCUT2D eigenvalue weighted by Crippen LogP contribution is 2.15. The van der Waals surface area contributed by atoms with E-state index in [1.54, 1.807) is 6.07 Å². The van der Waals surface area contributed by atoms with E-state index in [2.05, 4.69) is 9.71 Å². The molecule has 0 aliphatic heterocycles. The fourth-order valence-corrected chi connectivity index (χ4v) is 1.84. The van der Waals surface area contributed by atoms with E-state index in [0.717, 1.165) is 6.20 Å². The minimum absolute atomic E-state index is 0.166. The van der Waals surface area contributed by atoms with Crippen LogP contribution < -0.4 is 4.72 Å². The van der Waals surface area contributed by atoms with Gasteiger partial charge in [-0.2, -0.15) is 0 Å². The van der Waals surface area contributed by atoms with Gasteiger partial charge in [0.2, 0.25) is 0 Å². The van der Waals surface area contributed by atoms with Crippen molar-refractivity contribution in [3.05, 3.63) is 29.8 Å². The average Bonchev–Trinajstić information content (AvgIpc) is 2.17. The number of hydrogen-bond acceptors (Lipinski definition) is 2. The Morgan fingerprint density at radius 1 is 1.44 bits per heavy atom. The maximum Gasteiger partial charge on any atom is 0.141 e. The lowest BCUT2D eigenvalue weighted by atomic mass is 10.2. The summed E-state index contributed by atoms with van der Waals surface area (Å²) < 4.78 is 27.1. The van der Waals surface area contributed by atoms with E-state index in [-0.39, 0.29) is 16.6 Å². The summed E-state index contributed by atoms with van der Waals surface area (Å²) in [5, 5.41) is 0. The van der Waals surface area contributed by atoms with Gasteiger partial charge in [-0.3, -0.25) is 4.98 Å². The lowest BCUT2D eigenvalue weighted by molar-refractivity contribution is 0.600. The summed E-state index contributed by atoms with van der Waals surface area (Å²) in [5.74, 6) is -0.368. The third-order valence-corrected chi connectivity index (χ3v) is 3.71. The Kier molecular flexibility index (Phi) is 4.15. The molecule has 3 nitrogen and oxygen atoms in total. The van der Waals surface area contributed by atoms with E-state index in [0.29, 0.717) is 5.69 Å². The molecule has 0 bridgehead atoms. The summed E-state index contributed by atoms with van der Waals surface area (Å²) in [6, 6.07) is 2.77. The second-order valence-electron chi connectivity index (χ2n) is 4.62. The van der Waals surface area contributed by atoms with Crippen molar-refractivity contribution in [1.82, 2.24) is 9.71 Å². The van der Waals surface area contributed by atoms with Crippen molar-refractivity contribution in [3.8, 4) is 0 Å². The zero-order valence-corrected chi connectivity index (χ0v) is 10.8. The molecule has 0 aliphatic carbocycles. The molecule has 1 aromatic rings. The third kappa shape index (κ3) is 3.64. The molecule has 0 saturated carbocycles. The molecule has 1 N–H and O–H groups in total. The maximum absolute atomic E-state index is 12.7. The first kappa shape index (κ1) is 13.3. The molecule has 1 rings (SSSR count). The summed E-state index contributed by atoms with van der Waals surface area (Å²) in [7, 11) is -1.16. The van der Waals surface area contributed by atoms with Gasteiger partial charge in [0.25, 0.3) is 0 Å². The molecule has 5 heteroatoms. The first-order valence-corrected chi connectivity index (χ1v) is 6.25. The molecule has 0 amide bonds. The second-order valence-corrected chi connectivity index (χ2v) is 6.62. The minimum atomic E-state index is -1.16. The predicted molar refractivity (Wildman–Crippen MR) is 63.6 cm³/mol. The van der Waals surface area contributed by atoms with Crippen LogP contribution in [0.1, 0.15) is 39.4 Å². The van der Waals surface area contributed by atoms with Gasteiger partial charge in [0.1, 0.15) is 5.82 Å². The lowest BCUT2D eigenvalue weighted by Crippen LogP contribution is -2.35. The highest BCUT2D eigenvalue weighted by molar-refractivity contribution is 7.84. The van der Waals surface area contributed by atoms with Crippen molar-refractivity contribution < 1.29 is 8.60 Å². The van der Waals surface area contributed by atoms with Gasteiger partial charge in [-0.1, -0.05) is 0 Å². The second kappa shape index (κ2) is 5.01. The van der Waals surface area contributed by atoms with E-state index in [1.165, 1.54) is 6.07 Å². The third-order valence-electron chi connectivity index (χ3n) is 2.03. The summed E-state index contributed by atoms with van der Waals surface area (Å²) in [5.41, 5.74) is 0.680. The van der Waals surface area contributed by atoms with Crippen molar-refractivity contribution in [2.75, 3.05) is 0 Å². The van der Waals surface area contributed by atoms with Gasteiger partial charge in [-0.25, -0.2) is 13.3 Å². The Labute approximate surface area is 98.1 Å². The number of nitrogens with zero attached hydrogens (tertiary/aromatic N) is 1. The maximum atomic E-state index is 12.7. The lowest BCUT2D eigenvalue weighted by Gasteiger charge is -2.21. The van der Waals surface area contributed by atoms with E-state index < -0.39 is 11.0 Å². The smallest absolute Gasteiger partial charge is 0.141 e. The molecule has 0 fully saturated rings. The van der Waals surface area contributed by atoms with Crippen LogP contribution in [-0.2, 0) is 11.0 Å². The Balaban J connectivity index is 2.69. The Morgan fingerprint density at radius 3 is 2.50 bits per heavy atom. The van der Waals surface area contributed by atoms with Crippen molar-refractivity contribution in [3.63, 3.8) is 0 Å². The number of hydrogen-bond donors (Lipinski definition) is 1. The Morgan fingerprint density at radius 2 is 2.06 bits per heavy atom. The fourth-order valence-electron chi connectivity index (χ4n) is 1.04. The highest BCUT2D eigenvalue weighted by Gasteiger charge is 2.21. The first-order valence-electron chi connectivity index (χ1n) is 5.10. The van der Waals surface area contributed by atoms with E-state index >= 15 is 0 Å². The summed E-state index contributed by atoms with van der Waals surface area (Å²) >= 11 is 0. The summed E-state index contributed by atoms with van der Waals surface area (Å²) in [4.78, 5) is 3.94. The standard InChI is InChI=1S/C11H17FN2OS/c1-8(14-16(15)11(2,3)4)10-6-5-9(12)7-13-10/h5-8,14H,1-4H3/t8-,16+/m1/s1.